The van der Waals surface area contributed by atoms with Gasteiger partial charge in [0.25, 0.3) is 11.8 Å². The number of nitrogens with zero attached hydrogens (tertiary/aromatic N) is 2. The fourth-order valence-electron chi connectivity index (χ4n) is 1.95. The summed E-state index contributed by atoms with van der Waals surface area (Å²) in [5, 5.41) is 6.49. The lowest BCUT2D eigenvalue weighted by Gasteiger charge is -2.05. The third kappa shape index (κ3) is 4.91. The normalized spacial score (nSPS) is 10.3. The van der Waals surface area contributed by atoms with Gasteiger partial charge in [-0.1, -0.05) is 5.16 Å². The van der Waals surface area contributed by atoms with Crippen molar-refractivity contribution in [3.8, 4) is 11.5 Å². The highest BCUT2D eigenvalue weighted by molar-refractivity contribution is 5.94. The fourth-order valence-corrected chi connectivity index (χ4v) is 1.95. The molecule has 0 saturated heterocycles. The summed E-state index contributed by atoms with van der Waals surface area (Å²) in [7, 11) is 0. The van der Waals surface area contributed by atoms with Gasteiger partial charge in [0.15, 0.2) is 5.82 Å². The molecule has 0 aliphatic heterocycles. The predicted molar refractivity (Wildman–Crippen MR) is 82.7 cm³/mol. The summed E-state index contributed by atoms with van der Waals surface area (Å²) in [6.45, 7) is 4.30. The fraction of sp³-hybridized carbons (Fsp3) is 0.375. The van der Waals surface area contributed by atoms with Crippen LogP contribution >= 0.6 is 0 Å². The molecule has 0 fully saturated rings. The van der Waals surface area contributed by atoms with Crippen molar-refractivity contribution in [1.82, 2.24) is 15.5 Å². The lowest BCUT2D eigenvalue weighted by molar-refractivity contribution is -0.143. The van der Waals surface area contributed by atoms with Crippen molar-refractivity contribution in [3.05, 3.63) is 35.7 Å². The van der Waals surface area contributed by atoms with E-state index in [1.54, 1.807) is 38.1 Å². The van der Waals surface area contributed by atoms with E-state index in [0.29, 0.717) is 43.3 Å². The third-order valence-electron chi connectivity index (χ3n) is 3.07. The molecule has 7 heteroatoms. The van der Waals surface area contributed by atoms with Gasteiger partial charge in [0.05, 0.1) is 6.61 Å². The van der Waals surface area contributed by atoms with Crippen LogP contribution in [0.3, 0.4) is 0 Å². The molecule has 0 atom stereocenters. The molecule has 0 spiro atoms. The first-order valence-corrected chi connectivity index (χ1v) is 7.44. The number of esters is 1. The smallest absolute Gasteiger partial charge is 0.305 e. The Hall–Kier alpha value is -2.70. The number of ether oxygens (including phenoxy) is 1. The van der Waals surface area contributed by atoms with Gasteiger partial charge < -0.3 is 14.6 Å². The van der Waals surface area contributed by atoms with E-state index in [-0.39, 0.29) is 11.9 Å². The van der Waals surface area contributed by atoms with E-state index in [9.17, 15) is 9.59 Å². The molecule has 1 amide bonds. The van der Waals surface area contributed by atoms with E-state index in [4.69, 9.17) is 9.26 Å². The lowest BCUT2D eigenvalue weighted by Crippen LogP contribution is -2.25. The Balaban J connectivity index is 1.82. The monoisotopic (exact) mass is 317 g/mol. The highest BCUT2D eigenvalue weighted by Crippen LogP contribution is 2.17. The molecule has 0 radical (unpaired) electrons. The number of nitrogens with one attached hydrogen (secondary N) is 1. The van der Waals surface area contributed by atoms with Crippen LogP contribution in [-0.2, 0) is 9.53 Å². The number of rotatable bonds is 7. The molecule has 0 aliphatic rings. The summed E-state index contributed by atoms with van der Waals surface area (Å²) in [4.78, 5) is 27.3. The molecular weight excluding hydrogens is 298 g/mol. The van der Waals surface area contributed by atoms with Gasteiger partial charge in [0.2, 0.25) is 0 Å². The van der Waals surface area contributed by atoms with Crippen molar-refractivity contribution in [2.75, 3.05) is 13.2 Å². The standard InChI is InChI=1S/C16H19N3O4/c1-3-22-14(20)5-4-10-17-15(21)12-6-8-13(9-7-12)16-18-11(2)19-23-16/h6-9H,3-5,10H2,1-2H3,(H,17,21). The quantitative estimate of drug-likeness (QED) is 0.621. The second-order valence-corrected chi connectivity index (χ2v) is 4.89. The Morgan fingerprint density at radius 2 is 2.00 bits per heavy atom. The molecule has 2 rings (SSSR count). The zero-order chi connectivity index (χ0) is 16.7. The van der Waals surface area contributed by atoms with E-state index in [0.717, 1.165) is 5.56 Å². The van der Waals surface area contributed by atoms with Crippen molar-refractivity contribution in [2.45, 2.75) is 26.7 Å². The summed E-state index contributed by atoms with van der Waals surface area (Å²) in [5.41, 5.74) is 1.28. The maximum absolute atomic E-state index is 12.0. The highest BCUT2D eigenvalue weighted by atomic mass is 16.5. The molecule has 1 aromatic carbocycles. The minimum absolute atomic E-state index is 0.192. The number of carbonyl (C=O) groups is 2. The summed E-state index contributed by atoms with van der Waals surface area (Å²) in [5.74, 6) is 0.537. The summed E-state index contributed by atoms with van der Waals surface area (Å²) in [6.07, 6.45) is 0.841. The molecule has 0 saturated carbocycles. The van der Waals surface area contributed by atoms with Crippen molar-refractivity contribution in [2.24, 2.45) is 0 Å². The lowest BCUT2D eigenvalue weighted by atomic mass is 10.1. The minimum Gasteiger partial charge on any atom is -0.466 e. The summed E-state index contributed by atoms with van der Waals surface area (Å²) < 4.78 is 9.89. The van der Waals surface area contributed by atoms with Crippen molar-refractivity contribution < 1.29 is 18.8 Å². The van der Waals surface area contributed by atoms with E-state index in [1.165, 1.54) is 0 Å². The second-order valence-electron chi connectivity index (χ2n) is 4.89. The van der Waals surface area contributed by atoms with Crippen LogP contribution in [0.4, 0.5) is 0 Å². The minimum atomic E-state index is -0.249. The Morgan fingerprint density at radius 3 is 2.61 bits per heavy atom. The van der Waals surface area contributed by atoms with Crippen LogP contribution in [0, 0.1) is 6.92 Å². The summed E-state index contributed by atoms with van der Waals surface area (Å²) in [6, 6.07) is 6.88. The molecule has 0 aliphatic carbocycles. The molecule has 1 N–H and O–H groups in total. The molecule has 7 nitrogen and oxygen atoms in total. The Kier molecular flexibility index (Phi) is 5.85. The maximum atomic E-state index is 12.0. The van der Waals surface area contributed by atoms with Gasteiger partial charge in [-0.15, -0.1) is 0 Å². The summed E-state index contributed by atoms with van der Waals surface area (Å²) >= 11 is 0. The highest BCUT2D eigenvalue weighted by Gasteiger charge is 2.09. The molecule has 23 heavy (non-hydrogen) atoms. The Morgan fingerprint density at radius 1 is 1.26 bits per heavy atom. The van der Waals surface area contributed by atoms with Crippen LogP contribution in [-0.4, -0.2) is 35.2 Å². The first-order chi connectivity index (χ1) is 11.1. The van der Waals surface area contributed by atoms with E-state index in [1.807, 2.05) is 0 Å². The van der Waals surface area contributed by atoms with Gasteiger partial charge in [-0.2, -0.15) is 4.98 Å². The molecular formula is C16H19N3O4. The zero-order valence-corrected chi connectivity index (χ0v) is 13.2. The van der Waals surface area contributed by atoms with E-state index < -0.39 is 0 Å². The van der Waals surface area contributed by atoms with Crippen LogP contribution in [0.5, 0.6) is 0 Å². The molecule has 1 aromatic heterocycles. The topological polar surface area (TPSA) is 94.3 Å². The van der Waals surface area contributed by atoms with Crippen LogP contribution in [0.25, 0.3) is 11.5 Å². The first kappa shape index (κ1) is 16.7. The van der Waals surface area contributed by atoms with Crippen molar-refractivity contribution >= 4 is 11.9 Å². The number of carbonyl (C=O) groups excluding carboxylic acids is 2. The molecule has 1 heterocycles. The zero-order valence-electron chi connectivity index (χ0n) is 13.2. The second kappa shape index (κ2) is 8.07. The van der Waals surface area contributed by atoms with Gasteiger partial charge in [0, 0.05) is 24.1 Å². The number of hydrogen-bond donors (Lipinski definition) is 1. The number of benzene rings is 1. The van der Waals surface area contributed by atoms with Gasteiger partial charge in [-0.25, -0.2) is 0 Å². The van der Waals surface area contributed by atoms with E-state index >= 15 is 0 Å². The largest absolute Gasteiger partial charge is 0.466 e. The maximum Gasteiger partial charge on any atom is 0.305 e. The predicted octanol–water partition coefficient (Wildman–Crippen LogP) is 2.12. The van der Waals surface area contributed by atoms with Gasteiger partial charge in [-0.05, 0) is 44.5 Å². The Bertz CT molecular complexity index is 664. The SMILES string of the molecule is CCOC(=O)CCCNC(=O)c1ccc(-c2nc(C)no2)cc1. The number of aromatic nitrogens is 2. The van der Waals surface area contributed by atoms with Crippen LogP contribution in [0.2, 0.25) is 0 Å². The third-order valence-corrected chi connectivity index (χ3v) is 3.07. The number of hydrogen-bond acceptors (Lipinski definition) is 6. The molecule has 122 valence electrons. The van der Waals surface area contributed by atoms with E-state index in [2.05, 4.69) is 15.5 Å². The van der Waals surface area contributed by atoms with Crippen LogP contribution in [0.15, 0.2) is 28.8 Å². The number of aryl methyl sites for hydroxylation is 1. The van der Waals surface area contributed by atoms with Crippen LogP contribution in [0.1, 0.15) is 35.9 Å². The van der Waals surface area contributed by atoms with Gasteiger partial charge >= 0.3 is 5.97 Å². The van der Waals surface area contributed by atoms with Gasteiger partial charge in [0.1, 0.15) is 0 Å². The van der Waals surface area contributed by atoms with Crippen LogP contribution < -0.4 is 5.32 Å². The van der Waals surface area contributed by atoms with Crippen molar-refractivity contribution in [1.29, 1.82) is 0 Å². The number of amides is 1. The average Bonchev–Trinajstić information content (AvgIpc) is 2.98. The first-order valence-electron chi connectivity index (χ1n) is 7.44. The van der Waals surface area contributed by atoms with Gasteiger partial charge in [-0.3, -0.25) is 9.59 Å². The Labute approximate surface area is 134 Å². The molecule has 0 unspecified atom stereocenters. The average molecular weight is 317 g/mol. The molecule has 0 bridgehead atoms. The van der Waals surface area contributed by atoms with Crippen molar-refractivity contribution in [3.63, 3.8) is 0 Å². The molecule has 2 aromatic rings.